The van der Waals surface area contributed by atoms with Gasteiger partial charge in [0.2, 0.25) is 0 Å². The van der Waals surface area contributed by atoms with E-state index in [0.717, 1.165) is 104 Å². The highest BCUT2D eigenvalue weighted by Crippen LogP contribution is 2.59. The lowest BCUT2D eigenvalue weighted by Crippen LogP contribution is -2.26. The molecule has 6 nitrogen and oxygen atoms in total. The first-order valence-corrected chi connectivity index (χ1v) is 34.2. The monoisotopic (exact) mass is 1180 g/mol. The Hall–Kier alpha value is -5.02. The lowest BCUT2D eigenvalue weighted by molar-refractivity contribution is 0.373. The third-order valence-corrected chi connectivity index (χ3v) is 19.8. The zero-order valence-corrected chi connectivity index (χ0v) is 59.2. The van der Waals surface area contributed by atoms with Crippen LogP contribution in [0.15, 0.2) is 97.1 Å². The van der Waals surface area contributed by atoms with E-state index in [1.54, 1.807) is 0 Å². The second-order valence-electron chi connectivity index (χ2n) is 31.8. The molecule has 0 bridgehead atoms. The fourth-order valence-corrected chi connectivity index (χ4v) is 15.3. The minimum Gasteiger partial charge on any atom is -0.412 e. The predicted octanol–water partition coefficient (Wildman–Crippen LogP) is 21.9. The Morgan fingerprint density at radius 1 is 0.262 bits per heavy atom. The first kappa shape index (κ1) is 68.1. The molecular weight excluding hydrogens is 1070 g/mol. The van der Waals surface area contributed by atoms with Gasteiger partial charge in [-0.25, -0.2) is 9.13 Å². The lowest BCUT2D eigenvalue weighted by atomic mass is 9.77. The van der Waals surface area contributed by atoms with Crippen molar-refractivity contribution in [1.82, 2.24) is 0 Å². The first-order chi connectivity index (χ1) is 38.3. The summed E-state index contributed by atoms with van der Waals surface area (Å²) in [5.41, 5.74) is 11.5. The van der Waals surface area contributed by atoms with Crippen LogP contribution in [0.1, 0.15) is 261 Å². The van der Waals surface area contributed by atoms with Crippen molar-refractivity contribution < 1.29 is 27.2 Å². The van der Waals surface area contributed by atoms with Crippen LogP contribution in [0.5, 0.6) is 23.0 Å². The Kier molecular flexibility index (Phi) is 19.4. The summed E-state index contributed by atoms with van der Waals surface area (Å²) in [5, 5.41) is 0.879. The van der Waals surface area contributed by atoms with Crippen LogP contribution >= 0.6 is 15.2 Å². The van der Waals surface area contributed by atoms with E-state index in [4.69, 9.17) is 18.1 Å². The molecule has 0 aliphatic heterocycles. The smallest absolute Gasteiger partial charge is 0.412 e. The summed E-state index contributed by atoms with van der Waals surface area (Å²) in [7, 11) is -8.63. The summed E-state index contributed by atoms with van der Waals surface area (Å²) in [5.74, 6) is 2.46. The molecule has 0 saturated carbocycles. The van der Waals surface area contributed by atoms with Gasteiger partial charge in [-0.15, -0.1) is 0 Å². The molecule has 0 spiro atoms. The second kappa shape index (κ2) is 23.9. The molecule has 8 heteroatoms. The van der Waals surface area contributed by atoms with Gasteiger partial charge in [0.25, 0.3) is 0 Å². The second-order valence-corrected chi connectivity index (χ2v) is 35.5. The summed E-state index contributed by atoms with van der Waals surface area (Å²) in [4.78, 5) is 0. The van der Waals surface area contributed by atoms with E-state index >= 15 is 9.13 Å². The molecule has 6 aromatic carbocycles. The molecule has 0 aliphatic rings. The highest BCUT2D eigenvalue weighted by atomic mass is 31.2. The Morgan fingerprint density at radius 2 is 0.440 bits per heavy atom. The van der Waals surface area contributed by atoms with Gasteiger partial charge in [-0.05, 0) is 127 Å². The topological polar surface area (TPSA) is 71.1 Å². The van der Waals surface area contributed by atoms with Crippen molar-refractivity contribution in [3.05, 3.63) is 164 Å². The van der Waals surface area contributed by atoms with Gasteiger partial charge in [0.05, 0.1) is 10.6 Å². The molecule has 0 atom stereocenters. The van der Waals surface area contributed by atoms with Crippen molar-refractivity contribution in [2.24, 2.45) is 0 Å². The molecule has 0 aliphatic carbocycles. The quantitative estimate of drug-likeness (QED) is 0.0954. The highest BCUT2D eigenvalue weighted by molar-refractivity contribution is 7.63. The van der Waals surface area contributed by atoms with Crippen LogP contribution in [-0.4, -0.2) is 0 Å². The van der Waals surface area contributed by atoms with E-state index in [-0.39, 0.29) is 43.3 Å². The van der Waals surface area contributed by atoms with Crippen molar-refractivity contribution >= 4 is 25.8 Å². The molecule has 0 N–H and O–H groups in total. The summed E-state index contributed by atoms with van der Waals surface area (Å²) >= 11 is 0. The number of hydrogen-bond donors (Lipinski definition) is 0. The van der Waals surface area contributed by atoms with Gasteiger partial charge >= 0.3 is 15.2 Å². The third kappa shape index (κ3) is 14.5. The van der Waals surface area contributed by atoms with Crippen LogP contribution in [-0.2, 0) is 78.1 Å². The van der Waals surface area contributed by atoms with Crippen molar-refractivity contribution in [1.29, 1.82) is 0 Å². The van der Waals surface area contributed by atoms with Gasteiger partial charge in [-0.1, -0.05) is 267 Å². The molecule has 0 saturated heterocycles. The predicted molar refractivity (Wildman–Crippen MR) is 362 cm³/mol. The van der Waals surface area contributed by atoms with E-state index in [1.807, 2.05) is 48.5 Å². The minimum atomic E-state index is -4.32. The molecule has 0 aromatic heterocycles. The van der Waals surface area contributed by atoms with Crippen LogP contribution in [0, 0.1) is 0 Å². The summed E-state index contributed by atoms with van der Waals surface area (Å²) < 4.78 is 63.3. The van der Waals surface area contributed by atoms with Gasteiger partial charge in [0, 0.05) is 44.5 Å². The highest BCUT2D eigenvalue weighted by Gasteiger charge is 2.43. The average Bonchev–Trinajstić information content (AvgIpc) is 0.847. The molecule has 458 valence electrons. The van der Waals surface area contributed by atoms with Gasteiger partial charge in [0.1, 0.15) is 23.0 Å². The number of rotatable bonds is 15. The fraction of sp³-hybridized carbons (Fsp3) is 0.526. The number of aryl methyl sites for hydroxylation is 4. The average molecular weight is 1180 g/mol. The van der Waals surface area contributed by atoms with Crippen LogP contribution in [0.2, 0.25) is 0 Å². The zero-order valence-electron chi connectivity index (χ0n) is 57.4. The number of benzene rings is 6. The fourth-order valence-electron chi connectivity index (χ4n) is 12.1. The zero-order chi connectivity index (χ0) is 63.5. The number of hydrogen-bond acceptors (Lipinski definition) is 6. The maximum absolute atomic E-state index is 16.9. The van der Waals surface area contributed by atoms with Gasteiger partial charge in [-0.3, -0.25) is 0 Å². The van der Waals surface area contributed by atoms with E-state index < -0.39 is 15.2 Å². The van der Waals surface area contributed by atoms with Crippen molar-refractivity contribution in [2.75, 3.05) is 0 Å². The Morgan fingerprint density at radius 3 is 0.583 bits per heavy atom. The molecule has 0 unspecified atom stereocenters. The van der Waals surface area contributed by atoms with Crippen molar-refractivity contribution in [2.45, 2.75) is 263 Å². The Bertz CT molecular complexity index is 3020. The summed E-state index contributed by atoms with van der Waals surface area (Å²) in [6, 6.07) is 33.0. The maximum Gasteiger partial charge on any atom is 0.462 e. The van der Waals surface area contributed by atoms with E-state index in [9.17, 15) is 0 Å². The van der Waals surface area contributed by atoms with Crippen LogP contribution in [0.3, 0.4) is 0 Å². The van der Waals surface area contributed by atoms with Crippen LogP contribution in [0.4, 0.5) is 0 Å². The molecule has 0 amide bonds. The van der Waals surface area contributed by atoms with Crippen molar-refractivity contribution in [3.63, 3.8) is 0 Å². The molecular formula is C76H108O6P2. The molecule has 0 radical (unpaired) electrons. The molecule has 6 rings (SSSR count). The Balaban J connectivity index is 1.63. The maximum atomic E-state index is 16.9. The van der Waals surface area contributed by atoms with Gasteiger partial charge < -0.3 is 18.1 Å². The van der Waals surface area contributed by atoms with Gasteiger partial charge in [-0.2, -0.15) is 0 Å². The van der Waals surface area contributed by atoms with E-state index in [2.05, 4.69) is 242 Å². The largest absolute Gasteiger partial charge is 0.462 e. The Labute approximate surface area is 511 Å². The first-order valence-electron chi connectivity index (χ1n) is 31.1. The lowest BCUT2D eigenvalue weighted by Gasteiger charge is -2.35. The summed E-state index contributed by atoms with van der Waals surface area (Å²) in [6.45, 7) is 61.3. The van der Waals surface area contributed by atoms with E-state index in [1.165, 1.54) is 0 Å². The standard InChI is InChI=1S/C76H108O6P2/c1-29-49-37-45-57(69(5,6)7)65(61(49)73(17,18)19)79-83(77,80-66-58(70(8,9)10)46-38-50(30-2)62(66)74(20,21)22)55-41-33-53(34-42-55)54-35-43-56(44-36-54)84(78,81-67-59(71(11,12)13)47-39-51(31-3)63(67)75(23,24)25)82-68-60(72(14,15)16)48-40-52(32-4)64(68)76(26,27)28/h33-48H,29-32H2,1-28H3. The normalized spacial score (nSPS) is 13.5. The molecule has 0 heterocycles. The van der Waals surface area contributed by atoms with Crippen LogP contribution < -0.4 is 28.7 Å². The van der Waals surface area contributed by atoms with Crippen molar-refractivity contribution in [3.8, 4) is 34.1 Å². The van der Waals surface area contributed by atoms with E-state index in [0.29, 0.717) is 33.6 Å². The summed E-state index contributed by atoms with van der Waals surface area (Å²) in [6.07, 6.45) is 3.13. The minimum absolute atomic E-state index is 0.356. The molecule has 84 heavy (non-hydrogen) atoms. The van der Waals surface area contributed by atoms with Crippen LogP contribution in [0.25, 0.3) is 11.1 Å². The third-order valence-electron chi connectivity index (χ3n) is 16.3. The van der Waals surface area contributed by atoms with Gasteiger partial charge in [0.15, 0.2) is 0 Å². The molecule has 0 fully saturated rings. The SMILES string of the molecule is CCc1ccc(C(C)(C)C)c(OP(=O)(Oc2c(C(C)(C)C)ccc(CC)c2C(C)(C)C)c2ccc(-c3ccc(P(=O)(Oc4c(C(C)(C)C)ccc(CC)c4C(C)(C)C)Oc4c(C(C)(C)C)ccc(CC)c4C(C)(C)C)cc3)cc2)c1C(C)(C)C. The molecule has 6 aromatic rings.